The van der Waals surface area contributed by atoms with Gasteiger partial charge in [0.05, 0.1) is 35.3 Å². The molecule has 4 aromatic rings. The molecule has 0 saturated heterocycles. The number of pyridine rings is 2. The number of cyclic esters (lactones) is 1. The second-order valence-corrected chi connectivity index (χ2v) is 19.6. The van der Waals surface area contributed by atoms with Crippen molar-refractivity contribution in [3.8, 4) is 11.4 Å². The van der Waals surface area contributed by atoms with Gasteiger partial charge in [0.2, 0.25) is 27.4 Å². The summed E-state index contributed by atoms with van der Waals surface area (Å²) in [6.45, 7) is 7.83. The number of carbonyl (C=O) groups excluding carboxylic acids is 4. The molecule has 4 N–H and O–H groups in total. The molecule has 0 aliphatic carbocycles. The van der Waals surface area contributed by atoms with Gasteiger partial charge in [-0.3, -0.25) is 14.4 Å². The van der Waals surface area contributed by atoms with Crippen LogP contribution in [0, 0.1) is 0 Å². The Bertz CT molecular complexity index is 2600. The number of ether oxygens (including phenoxy) is 3. The maximum atomic E-state index is 14.4. The van der Waals surface area contributed by atoms with Crippen molar-refractivity contribution in [1.29, 1.82) is 0 Å². The fourth-order valence-electron chi connectivity index (χ4n) is 9.14. The number of aromatic nitrogens is 2. The van der Waals surface area contributed by atoms with Crippen molar-refractivity contribution in [2.45, 2.75) is 149 Å². The summed E-state index contributed by atoms with van der Waals surface area (Å²) >= 11 is 0. The summed E-state index contributed by atoms with van der Waals surface area (Å²) < 4.78 is 46.5. The van der Waals surface area contributed by atoms with Crippen LogP contribution >= 0.6 is 0 Å². The normalized spacial score (nSPS) is 16.1. The van der Waals surface area contributed by atoms with Crippen LogP contribution in [0.5, 0.6) is 0 Å². The van der Waals surface area contributed by atoms with Crippen molar-refractivity contribution in [2.24, 2.45) is 5.73 Å². The number of rotatable bonds is 24. The second-order valence-electron chi connectivity index (χ2n) is 17.6. The van der Waals surface area contributed by atoms with Gasteiger partial charge < -0.3 is 35.1 Å². The molecule has 0 spiro atoms. The highest BCUT2D eigenvalue weighted by molar-refractivity contribution is 7.88. The number of hydrogen-bond acceptors (Lipinski definition) is 12. The Balaban J connectivity index is 1.21. The number of carbonyl (C=O) groups is 4. The van der Waals surface area contributed by atoms with Crippen LogP contribution < -0.4 is 21.9 Å². The fourth-order valence-corrected chi connectivity index (χ4v) is 10.3. The van der Waals surface area contributed by atoms with Crippen LogP contribution in [-0.4, -0.2) is 77.6 Å². The molecule has 0 bridgehead atoms. The molecule has 6 rings (SSSR count). The van der Waals surface area contributed by atoms with Gasteiger partial charge in [0.15, 0.2) is 0 Å². The minimum atomic E-state index is -3.55. The minimum absolute atomic E-state index is 0.0708. The molecule has 2 aliphatic rings. The Hall–Kier alpha value is -5.65. The summed E-state index contributed by atoms with van der Waals surface area (Å²) in [7, 11) is -3.55. The van der Waals surface area contributed by atoms with Gasteiger partial charge in [-0.25, -0.2) is 23.0 Å². The van der Waals surface area contributed by atoms with Crippen LogP contribution in [0.4, 0.5) is 10.5 Å². The number of nitrogens with one attached hydrogen (secondary N) is 2. The average molecular weight is 943 g/mol. The first-order valence-electron chi connectivity index (χ1n) is 23.7. The predicted octanol–water partition coefficient (Wildman–Crippen LogP) is 7.35. The Kier molecular flexibility index (Phi) is 17.3. The first-order valence-corrected chi connectivity index (χ1v) is 25.6. The highest BCUT2D eigenvalue weighted by Crippen LogP contribution is 2.42. The molecule has 2 amide bonds. The Morgan fingerprint density at radius 3 is 2.37 bits per heavy atom. The number of esters is 1. The topological polar surface area (TPSA) is 218 Å². The van der Waals surface area contributed by atoms with Crippen molar-refractivity contribution >= 4 is 50.6 Å². The monoisotopic (exact) mass is 942 g/mol. The van der Waals surface area contributed by atoms with Crippen molar-refractivity contribution in [3.63, 3.8) is 0 Å². The van der Waals surface area contributed by atoms with E-state index in [0.717, 1.165) is 48.6 Å². The number of nitrogens with two attached hydrogens (primary N) is 1. The molecule has 2 aromatic heterocycles. The van der Waals surface area contributed by atoms with Crippen LogP contribution in [0.25, 0.3) is 22.3 Å². The van der Waals surface area contributed by atoms with Crippen LogP contribution in [-0.2, 0) is 70.4 Å². The molecule has 3 atom stereocenters. The first kappa shape index (κ1) is 50.8. The minimum Gasteiger partial charge on any atom is -0.457 e. The van der Waals surface area contributed by atoms with Crippen molar-refractivity contribution in [3.05, 3.63) is 92.8 Å². The Morgan fingerprint density at radius 1 is 0.955 bits per heavy atom. The maximum Gasteiger partial charge on any atom is 0.510 e. The second kappa shape index (κ2) is 22.9. The zero-order valence-electron chi connectivity index (χ0n) is 39.5. The van der Waals surface area contributed by atoms with Crippen molar-refractivity contribution < 1.29 is 41.8 Å². The highest BCUT2D eigenvalue weighted by atomic mass is 32.2. The molecule has 2 aromatic carbocycles. The maximum absolute atomic E-state index is 14.4. The number of anilines is 1. The number of fused-ring (bicyclic) bond motifs is 5. The van der Waals surface area contributed by atoms with Gasteiger partial charge in [-0.05, 0) is 87.4 Å². The molecule has 0 saturated carbocycles. The molecule has 0 radical (unpaired) electrons. The van der Waals surface area contributed by atoms with E-state index in [0.29, 0.717) is 54.0 Å². The third-order valence-corrected chi connectivity index (χ3v) is 14.3. The fraction of sp³-hybridized carbons (Fsp3) is 0.520. The predicted molar refractivity (Wildman–Crippen MR) is 256 cm³/mol. The third kappa shape index (κ3) is 11.9. The van der Waals surface area contributed by atoms with Gasteiger partial charge in [0.1, 0.15) is 19.3 Å². The molecule has 67 heavy (non-hydrogen) atoms. The number of unbranched alkanes of at least 4 members (excludes halogenated alkanes) is 6. The number of para-hydroxylation sites is 1. The average Bonchev–Trinajstić information content (AvgIpc) is 3.68. The smallest absolute Gasteiger partial charge is 0.457 e. The molecule has 1 unspecified atom stereocenters. The molecular formula is C50H66N6O10S. The van der Waals surface area contributed by atoms with Gasteiger partial charge in [-0.15, -0.1) is 0 Å². The molecular weight excluding hydrogens is 877 g/mol. The number of hydrogen-bond donors (Lipinski definition) is 3. The quantitative estimate of drug-likeness (QED) is 0.0409. The van der Waals surface area contributed by atoms with E-state index >= 15 is 0 Å². The van der Waals surface area contributed by atoms with E-state index in [9.17, 15) is 32.4 Å². The lowest BCUT2D eigenvalue weighted by molar-refractivity contribution is -0.175. The Labute approximate surface area is 393 Å². The van der Waals surface area contributed by atoms with Gasteiger partial charge in [-0.2, -0.15) is 4.31 Å². The van der Waals surface area contributed by atoms with Crippen LogP contribution in [0.3, 0.4) is 0 Å². The van der Waals surface area contributed by atoms with Crippen LogP contribution in [0.2, 0.25) is 0 Å². The Morgan fingerprint density at radius 2 is 1.67 bits per heavy atom. The molecule has 4 heterocycles. The lowest BCUT2D eigenvalue weighted by Gasteiger charge is -2.35. The van der Waals surface area contributed by atoms with E-state index < -0.39 is 39.4 Å². The van der Waals surface area contributed by atoms with E-state index in [1.54, 1.807) is 53.1 Å². The highest BCUT2D eigenvalue weighted by Gasteiger charge is 2.51. The first-order chi connectivity index (χ1) is 32.1. The van der Waals surface area contributed by atoms with Crippen LogP contribution in [0.1, 0.15) is 133 Å². The van der Waals surface area contributed by atoms with E-state index in [2.05, 4.69) is 17.6 Å². The number of nitrogens with zero attached hydrogens (tertiary/aromatic N) is 3. The summed E-state index contributed by atoms with van der Waals surface area (Å²) in [4.78, 5) is 71.8. The van der Waals surface area contributed by atoms with Crippen LogP contribution in [0.15, 0.2) is 59.4 Å². The standard InChI is InChI=1S/C50H66N6O10S/c1-6-9-10-11-12-13-18-33(4)56(67(5,62)63)28-26-36-37-19-14-15-20-41(37)54-45-38(36)30-55-43(45)29-40-39(47(55)59)32-64-48(60)50(40,8-3)66-49(61)65-31-34-22-24-35(25-23-34)52-46(58)42(21-16-17-27-51)53-44(57)7-2/h14-15,19-20,22-25,29,33,42H,6-13,16-18,21,26-28,30-32,51H2,1-5H3,(H,52,58)(H,53,57)/t33?,42-,50-/m0/s1. The van der Waals surface area contributed by atoms with Crippen molar-refractivity contribution in [1.82, 2.24) is 19.2 Å². The third-order valence-electron chi connectivity index (χ3n) is 12.9. The summed E-state index contributed by atoms with van der Waals surface area (Å²) in [5.41, 5.74) is 7.85. The van der Waals surface area contributed by atoms with Gasteiger partial charge in [-0.1, -0.05) is 89.6 Å². The number of amides is 2. The SMILES string of the molecule is CCCCCCCCC(C)N(CCc1c2c(nc3ccccc13)-c1cc3c(c(=O)n1C2)COC(=O)[C@@]3(CC)OC(=O)OCc1ccc(NC(=O)[C@H](CCCCN)NC(=O)CC)cc1)S(C)(=O)=O. The molecule has 2 aliphatic heterocycles. The van der Waals surface area contributed by atoms with Crippen molar-refractivity contribution in [2.75, 3.05) is 24.7 Å². The molecule has 0 fully saturated rings. The largest absolute Gasteiger partial charge is 0.510 e. The van der Waals surface area contributed by atoms with E-state index in [-0.39, 0.29) is 68.1 Å². The van der Waals surface area contributed by atoms with E-state index in [1.807, 2.05) is 31.2 Å². The zero-order valence-corrected chi connectivity index (χ0v) is 40.3. The van der Waals surface area contributed by atoms with Gasteiger partial charge in [0, 0.05) is 41.2 Å². The summed E-state index contributed by atoms with van der Waals surface area (Å²) in [6, 6.07) is 14.9. The molecule has 362 valence electrons. The molecule has 17 heteroatoms. The summed E-state index contributed by atoms with van der Waals surface area (Å²) in [5, 5.41) is 6.43. The van der Waals surface area contributed by atoms with Gasteiger partial charge in [0.25, 0.3) is 5.56 Å². The summed E-state index contributed by atoms with van der Waals surface area (Å²) in [5.74, 6) is -1.45. The zero-order chi connectivity index (χ0) is 48.3. The van der Waals surface area contributed by atoms with Gasteiger partial charge >= 0.3 is 12.1 Å². The number of benzene rings is 2. The lowest BCUT2D eigenvalue weighted by Crippen LogP contribution is -2.47. The molecule has 16 nitrogen and oxygen atoms in total. The van der Waals surface area contributed by atoms with E-state index in [4.69, 9.17) is 24.9 Å². The van der Waals surface area contributed by atoms with E-state index in [1.165, 1.54) is 25.5 Å². The lowest BCUT2D eigenvalue weighted by atomic mass is 9.85. The number of sulfonamides is 1. The summed E-state index contributed by atoms with van der Waals surface area (Å²) in [6.07, 6.45) is 9.90.